The van der Waals surface area contributed by atoms with E-state index in [1.807, 2.05) is 0 Å². The lowest BCUT2D eigenvalue weighted by atomic mass is 10.3. The van der Waals surface area contributed by atoms with Crippen molar-refractivity contribution in [2.45, 2.75) is 0 Å². The number of hydrogen-bond donors (Lipinski definition) is 3. The Bertz CT molecular complexity index is 1140. The van der Waals surface area contributed by atoms with Crippen LogP contribution in [0.1, 0.15) is 10.5 Å². The molecule has 1 aromatic heterocycles. The molecule has 1 heterocycles. The molecule has 0 saturated heterocycles. The lowest BCUT2D eigenvalue weighted by Gasteiger charge is -2.09. The lowest BCUT2D eigenvalue weighted by Crippen LogP contribution is -2.29. The van der Waals surface area contributed by atoms with Crippen LogP contribution in [0, 0.1) is 0 Å². The molecule has 0 bridgehead atoms. The first kappa shape index (κ1) is 22.1. The zero-order valence-corrected chi connectivity index (χ0v) is 17.6. The monoisotopic (exact) mass is 458 g/mol. The summed E-state index contributed by atoms with van der Waals surface area (Å²) in [5.41, 5.74) is 0.950. The highest BCUT2D eigenvalue weighted by molar-refractivity contribution is 6.44. The fourth-order valence-corrected chi connectivity index (χ4v) is 2.72. The summed E-state index contributed by atoms with van der Waals surface area (Å²) < 4.78 is 5.69. The van der Waals surface area contributed by atoms with Gasteiger partial charge in [-0.05, 0) is 48.5 Å². The standard InChI is InChI=1S/C21H16Cl2N4O4/c1-24-19(28)18-11-15(8-9-25-18)31-14-5-2-12(3-6-14)26-20(29)21(30)27-13-4-7-16(22)17(23)10-13/h2-11H,1H3,(H,24,28)(H,26,29)(H,27,30). The summed E-state index contributed by atoms with van der Waals surface area (Å²) >= 11 is 11.7. The third-order valence-corrected chi connectivity index (χ3v) is 4.66. The number of amides is 3. The molecule has 0 aliphatic heterocycles. The molecular formula is C21H16Cl2N4O4. The second kappa shape index (κ2) is 9.92. The Labute approximate surface area is 187 Å². The molecule has 0 unspecified atom stereocenters. The molecule has 2 aromatic carbocycles. The molecule has 0 radical (unpaired) electrons. The Morgan fingerprint density at radius 1 is 0.806 bits per heavy atom. The van der Waals surface area contributed by atoms with Crippen LogP contribution in [-0.4, -0.2) is 29.8 Å². The summed E-state index contributed by atoms with van der Waals surface area (Å²) in [6.45, 7) is 0. The largest absolute Gasteiger partial charge is 0.457 e. The first-order chi connectivity index (χ1) is 14.9. The molecule has 0 spiro atoms. The maximum Gasteiger partial charge on any atom is 0.314 e. The number of ether oxygens (including phenoxy) is 1. The molecule has 3 rings (SSSR count). The van der Waals surface area contributed by atoms with Gasteiger partial charge in [0.1, 0.15) is 17.2 Å². The highest BCUT2D eigenvalue weighted by Gasteiger charge is 2.15. The Balaban J connectivity index is 1.59. The van der Waals surface area contributed by atoms with Gasteiger partial charge >= 0.3 is 11.8 Å². The normalized spacial score (nSPS) is 10.2. The minimum Gasteiger partial charge on any atom is -0.457 e. The van der Waals surface area contributed by atoms with Crippen molar-refractivity contribution in [1.29, 1.82) is 0 Å². The zero-order chi connectivity index (χ0) is 22.4. The van der Waals surface area contributed by atoms with Crippen molar-refractivity contribution in [3.63, 3.8) is 0 Å². The molecule has 8 nitrogen and oxygen atoms in total. The summed E-state index contributed by atoms with van der Waals surface area (Å²) in [6, 6.07) is 13.9. The molecule has 3 aromatic rings. The quantitative estimate of drug-likeness (QED) is 0.498. The van der Waals surface area contributed by atoms with Crippen LogP contribution in [0.2, 0.25) is 10.0 Å². The van der Waals surface area contributed by atoms with Gasteiger partial charge in [-0.15, -0.1) is 0 Å². The van der Waals surface area contributed by atoms with E-state index < -0.39 is 11.8 Å². The number of anilines is 2. The van der Waals surface area contributed by atoms with E-state index in [0.717, 1.165) is 0 Å². The van der Waals surface area contributed by atoms with Crippen LogP contribution in [0.4, 0.5) is 11.4 Å². The van der Waals surface area contributed by atoms with Crippen molar-refractivity contribution in [3.8, 4) is 11.5 Å². The van der Waals surface area contributed by atoms with Crippen LogP contribution in [0.25, 0.3) is 0 Å². The number of benzene rings is 2. The topological polar surface area (TPSA) is 109 Å². The molecule has 158 valence electrons. The molecule has 3 amide bonds. The van der Waals surface area contributed by atoms with Crippen LogP contribution in [0.3, 0.4) is 0 Å². The fraction of sp³-hybridized carbons (Fsp3) is 0.0476. The SMILES string of the molecule is CNC(=O)c1cc(Oc2ccc(NC(=O)C(=O)Nc3ccc(Cl)c(Cl)c3)cc2)ccn1. The fourth-order valence-electron chi connectivity index (χ4n) is 2.42. The van der Waals surface area contributed by atoms with Gasteiger partial charge in [-0.2, -0.15) is 0 Å². The number of nitrogens with zero attached hydrogens (tertiary/aromatic N) is 1. The zero-order valence-electron chi connectivity index (χ0n) is 16.1. The van der Waals surface area contributed by atoms with Crippen molar-refractivity contribution < 1.29 is 19.1 Å². The van der Waals surface area contributed by atoms with Gasteiger partial charge in [0.05, 0.1) is 10.0 Å². The summed E-state index contributed by atoms with van der Waals surface area (Å²) in [5.74, 6) is -1.16. The van der Waals surface area contributed by atoms with E-state index in [1.165, 1.54) is 37.5 Å². The molecule has 10 heteroatoms. The Kier molecular flexibility index (Phi) is 7.07. The van der Waals surface area contributed by atoms with Crippen LogP contribution in [0.5, 0.6) is 11.5 Å². The summed E-state index contributed by atoms with van der Waals surface area (Å²) in [7, 11) is 1.51. The lowest BCUT2D eigenvalue weighted by molar-refractivity contribution is -0.132. The highest BCUT2D eigenvalue weighted by Crippen LogP contribution is 2.25. The highest BCUT2D eigenvalue weighted by atomic mass is 35.5. The molecular weight excluding hydrogens is 443 g/mol. The van der Waals surface area contributed by atoms with Crippen molar-refractivity contribution in [2.24, 2.45) is 0 Å². The summed E-state index contributed by atoms with van der Waals surface area (Å²) in [6.07, 6.45) is 1.46. The number of rotatable bonds is 5. The average Bonchev–Trinajstić information content (AvgIpc) is 2.77. The van der Waals surface area contributed by atoms with E-state index in [2.05, 4.69) is 20.9 Å². The Morgan fingerprint density at radius 2 is 1.45 bits per heavy atom. The maximum atomic E-state index is 12.1. The molecule has 0 atom stereocenters. The van der Waals surface area contributed by atoms with E-state index in [1.54, 1.807) is 30.3 Å². The number of carbonyl (C=O) groups is 3. The van der Waals surface area contributed by atoms with Gasteiger partial charge in [-0.1, -0.05) is 23.2 Å². The van der Waals surface area contributed by atoms with E-state index in [4.69, 9.17) is 27.9 Å². The van der Waals surface area contributed by atoms with Gasteiger partial charge in [0.2, 0.25) is 0 Å². The molecule has 31 heavy (non-hydrogen) atoms. The Morgan fingerprint density at radius 3 is 2.10 bits per heavy atom. The third-order valence-electron chi connectivity index (χ3n) is 3.92. The van der Waals surface area contributed by atoms with Gasteiger partial charge in [-0.3, -0.25) is 19.4 Å². The number of aromatic nitrogens is 1. The van der Waals surface area contributed by atoms with E-state index >= 15 is 0 Å². The predicted molar refractivity (Wildman–Crippen MR) is 118 cm³/mol. The second-order valence-corrected chi connectivity index (χ2v) is 6.93. The predicted octanol–water partition coefficient (Wildman–Crippen LogP) is 4.12. The number of carbonyl (C=O) groups excluding carboxylic acids is 3. The molecule has 0 aliphatic rings. The van der Waals surface area contributed by atoms with Crippen LogP contribution < -0.4 is 20.7 Å². The molecule has 3 N–H and O–H groups in total. The van der Waals surface area contributed by atoms with Crippen molar-refractivity contribution in [3.05, 3.63) is 76.5 Å². The first-order valence-corrected chi connectivity index (χ1v) is 9.65. The van der Waals surface area contributed by atoms with E-state index in [9.17, 15) is 14.4 Å². The minimum absolute atomic E-state index is 0.219. The van der Waals surface area contributed by atoms with Crippen LogP contribution in [0.15, 0.2) is 60.8 Å². The number of hydrogen-bond acceptors (Lipinski definition) is 5. The van der Waals surface area contributed by atoms with E-state index in [0.29, 0.717) is 27.9 Å². The van der Waals surface area contributed by atoms with Gasteiger partial charge in [0.15, 0.2) is 0 Å². The van der Waals surface area contributed by atoms with Crippen molar-refractivity contribution >= 4 is 52.3 Å². The third kappa shape index (κ3) is 5.94. The van der Waals surface area contributed by atoms with Gasteiger partial charge in [0.25, 0.3) is 5.91 Å². The van der Waals surface area contributed by atoms with Gasteiger partial charge in [0, 0.05) is 30.7 Å². The van der Waals surface area contributed by atoms with Gasteiger partial charge < -0.3 is 20.7 Å². The average molecular weight is 459 g/mol. The van der Waals surface area contributed by atoms with Crippen molar-refractivity contribution in [1.82, 2.24) is 10.3 Å². The van der Waals surface area contributed by atoms with Crippen LogP contribution >= 0.6 is 23.2 Å². The summed E-state index contributed by atoms with van der Waals surface area (Å²) in [4.78, 5) is 39.8. The summed E-state index contributed by atoms with van der Waals surface area (Å²) in [5, 5.41) is 8.00. The van der Waals surface area contributed by atoms with Crippen LogP contribution in [-0.2, 0) is 9.59 Å². The van der Waals surface area contributed by atoms with E-state index in [-0.39, 0.29) is 16.6 Å². The number of halogens is 2. The van der Waals surface area contributed by atoms with Crippen molar-refractivity contribution in [2.75, 3.05) is 17.7 Å². The number of nitrogens with one attached hydrogen (secondary N) is 3. The first-order valence-electron chi connectivity index (χ1n) is 8.89. The maximum absolute atomic E-state index is 12.1. The molecule has 0 saturated carbocycles. The smallest absolute Gasteiger partial charge is 0.314 e. The second-order valence-electron chi connectivity index (χ2n) is 6.12. The number of pyridine rings is 1. The van der Waals surface area contributed by atoms with Gasteiger partial charge in [-0.25, -0.2) is 0 Å². The minimum atomic E-state index is -0.864. The molecule has 0 aliphatic carbocycles. The molecule has 0 fully saturated rings. The Hall–Kier alpha value is -3.62.